The summed E-state index contributed by atoms with van der Waals surface area (Å²) in [6.45, 7) is 4.36. The highest BCUT2D eigenvalue weighted by Gasteiger charge is 2.13. The Bertz CT molecular complexity index is 743. The fourth-order valence-corrected chi connectivity index (χ4v) is 3.36. The molecule has 3 aromatic carbocycles. The average Bonchev–Trinajstić information content (AvgIpc) is 2.61. The Morgan fingerprint density at radius 3 is 2.30 bits per heavy atom. The quantitative estimate of drug-likeness (QED) is 0.584. The molecule has 0 fully saturated rings. The highest BCUT2D eigenvalue weighted by Crippen LogP contribution is 2.23. The van der Waals surface area contributed by atoms with Gasteiger partial charge in [0.05, 0.1) is 0 Å². The van der Waals surface area contributed by atoms with Gasteiger partial charge >= 0.3 is 0 Å². The Morgan fingerprint density at radius 1 is 0.826 bits per heavy atom. The van der Waals surface area contributed by atoms with Gasteiger partial charge in [-0.05, 0) is 41.3 Å². The summed E-state index contributed by atoms with van der Waals surface area (Å²) in [4.78, 5) is 2.45. The van der Waals surface area contributed by atoms with Crippen LogP contribution in [0.25, 0.3) is 10.8 Å². The first-order valence-electron chi connectivity index (χ1n) is 8.48. The maximum Gasteiger partial charge on any atom is 0.0237 e. The van der Waals surface area contributed by atoms with E-state index >= 15 is 0 Å². The van der Waals surface area contributed by atoms with Crippen molar-refractivity contribution < 1.29 is 0 Å². The van der Waals surface area contributed by atoms with Gasteiger partial charge in [0.2, 0.25) is 0 Å². The van der Waals surface area contributed by atoms with Crippen LogP contribution in [0.2, 0.25) is 0 Å². The molecule has 1 nitrogen and oxygen atoms in total. The van der Waals surface area contributed by atoms with Crippen LogP contribution < -0.4 is 0 Å². The molecule has 0 spiro atoms. The number of rotatable bonds is 6. The molecule has 0 aromatic heterocycles. The molecule has 3 rings (SSSR count). The summed E-state index contributed by atoms with van der Waals surface area (Å²) in [6, 6.07) is 26.1. The molecule has 23 heavy (non-hydrogen) atoms. The van der Waals surface area contributed by atoms with Gasteiger partial charge in [0.1, 0.15) is 0 Å². The van der Waals surface area contributed by atoms with Crippen molar-refractivity contribution in [2.45, 2.75) is 25.8 Å². The highest BCUT2D eigenvalue weighted by molar-refractivity contribution is 5.85. The molecular weight excluding hydrogens is 278 g/mol. The Balaban J connectivity index is 1.74. The highest BCUT2D eigenvalue weighted by atomic mass is 15.1. The van der Waals surface area contributed by atoms with Gasteiger partial charge in [-0.2, -0.15) is 0 Å². The van der Waals surface area contributed by atoms with E-state index in [9.17, 15) is 0 Å². The maximum atomic E-state index is 2.45. The van der Waals surface area contributed by atoms with E-state index in [-0.39, 0.29) is 0 Å². The first-order chi connectivity index (χ1) is 11.3. The van der Waals surface area contributed by atoms with E-state index in [1.54, 1.807) is 0 Å². The topological polar surface area (TPSA) is 3.24 Å². The van der Waals surface area contributed by atoms with E-state index in [0.717, 1.165) is 13.1 Å². The fourth-order valence-electron chi connectivity index (χ4n) is 3.36. The summed E-state index contributed by atoms with van der Waals surface area (Å²) in [6.07, 6.45) is 1.17. The molecule has 0 amide bonds. The minimum absolute atomic E-state index is 0.594. The standard InChI is InChI=1S/C22H25N/c1-3-18(19-10-5-4-6-11-19)16-23(2)17-21-14-9-13-20-12-7-8-15-22(20)21/h4-15,18H,3,16-17H2,1-2H3. The van der Waals surface area contributed by atoms with Crippen molar-refractivity contribution in [3.8, 4) is 0 Å². The van der Waals surface area contributed by atoms with E-state index in [4.69, 9.17) is 0 Å². The zero-order valence-electron chi connectivity index (χ0n) is 14.1. The summed E-state index contributed by atoms with van der Waals surface area (Å²) in [5, 5.41) is 2.70. The number of hydrogen-bond acceptors (Lipinski definition) is 1. The molecule has 0 heterocycles. The van der Waals surface area contributed by atoms with E-state index in [1.807, 2.05) is 0 Å². The van der Waals surface area contributed by atoms with Crippen molar-refractivity contribution in [1.29, 1.82) is 0 Å². The minimum Gasteiger partial charge on any atom is -0.301 e. The summed E-state index contributed by atoms with van der Waals surface area (Å²) in [7, 11) is 2.23. The average molecular weight is 303 g/mol. The molecular formula is C22H25N. The summed E-state index contributed by atoms with van der Waals surface area (Å²) in [5.41, 5.74) is 2.85. The Hall–Kier alpha value is -2.12. The third-order valence-corrected chi connectivity index (χ3v) is 4.62. The van der Waals surface area contributed by atoms with Crippen LogP contribution in [0.3, 0.4) is 0 Å². The molecule has 0 aliphatic rings. The summed E-state index contributed by atoms with van der Waals surface area (Å²) < 4.78 is 0. The lowest BCUT2D eigenvalue weighted by molar-refractivity contribution is 0.301. The van der Waals surface area contributed by atoms with Crippen molar-refractivity contribution in [2.75, 3.05) is 13.6 Å². The molecule has 0 saturated carbocycles. The van der Waals surface area contributed by atoms with Gasteiger partial charge in [-0.15, -0.1) is 0 Å². The molecule has 0 bridgehead atoms. The predicted molar refractivity (Wildman–Crippen MR) is 99.8 cm³/mol. The van der Waals surface area contributed by atoms with Gasteiger partial charge < -0.3 is 4.90 Å². The van der Waals surface area contributed by atoms with Gasteiger partial charge in [-0.1, -0.05) is 79.7 Å². The van der Waals surface area contributed by atoms with Gasteiger partial charge in [0, 0.05) is 13.1 Å². The van der Waals surface area contributed by atoms with Crippen LogP contribution >= 0.6 is 0 Å². The summed E-state index contributed by atoms with van der Waals surface area (Å²) >= 11 is 0. The summed E-state index contributed by atoms with van der Waals surface area (Å²) in [5.74, 6) is 0.594. The van der Waals surface area contributed by atoms with E-state index in [2.05, 4.69) is 91.7 Å². The Morgan fingerprint density at radius 2 is 1.52 bits per heavy atom. The molecule has 0 aliphatic heterocycles. The number of hydrogen-bond donors (Lipinski definition) is 0. The lowest BCUT2D eigenvalue weighted by atomic mass is 9.95. The fraction of sp³-hybridized carbons (Fsp3) is 0.273. The minimum atomic E-state index is 0.594. The van der Waals surface area contributed by atoms with Crippen molar-refractivity contribution in [3.05, 3.63) is 83.9 Å². The molecule has 3 aromatic rings. The third kappa shape index (κ3) is 3.80. The number of fused-ring (bicyclic) bond motifs is 1. The predicted octanol–water partition coefficient (Wildman–Crippen LogP) is 5.47. The smallest absolute Gasteiger partial charge is 0.0237 e. The van der Waals surface area contributed by atoms with E-state index in [0.29, 0.717) is 5.92 Å². The van der Waals surface area contributed by atoms with Crippen LogP contribution in [0.1, 0.15) is 30.4 Å². The van der Waals surface area contributed by atoms with Gasteiger partial charge in [-0.25, -0.2) is 0 Å². The largest absolute Gasteiger partial charge is 0.301 e. The van der Waals surface area contributed by atoms with Gasteiger partial charge in [0.25, 0.3) is 0 Å². The molecule has 0 aliphatic carbocycles. The first kappa shape index (κ1) is 15.8. The molecule has 0 N–H and O–H groups in total. The van der Waals surface area contributed by atoms with Crippen LogP contribution in [0.4, 0.5) is 0 Å². The lowest BCUT2D eigenvalue weighted by Crippen LogP contribution is -2.24. The van der Waals surface area contributed by atoms with E-state index < -0.39 is 0 Å². The zero-order valence-corrected chi connectivity index (χ0v) is 14.1. The second-order valence-electron chi connectivity index (χ2n) is 6.35. The van der Waals surface area contributed by atoms with Crippen LogP contribution in [0.5, 0.6) is 0 Å². The normalized spacial score (nSPS) is 12.7. The second kappa shape index (κ2) is 7.43. The lowest BCUT2D eigenvalue weighted by Gasteiger charge is -2.24. The van der Waals surface area contributed by atoms with Crippen molar-refractivity contribution in [2.24, 2.45) is 0 Å². The van der Waals surface area contributed by atoms with Gasteiger partial charge in [0.15, 0.2) is 0 Å². The number of likely N-dealkylation sites (N-methyl/N-ethyl adjacent to an activating group) is 1. The van der Waals surface area contributed by atoms with Gasteiger partial charge in [-0.3, -0.25) is 0 Å². The Labute approximate surface area is 139 Å². The number of nitrogens with zero attached hydrogens (tertiary/aromatic N) is 1. The van der Waals surface area contributed by atoms with Crippen molar-refractivity contribution in [1.82, 2.24) is 4.90 Å². The second-order valence-corrected chi connectivity index (χ2v) is 6.35. The Kier molecular flexibility index (Phi) is 5.09. The van der Waals surface area contributed by atoms with Crippen LogP contribution in [0.15, 0.2) is 72.8 Å². The third-order valence-electron chi connectivity index (χ3n) is 4.62. The monoisotopic (exact) mass is 303 g/mol. The zero-order chi connectivity index (χ0) is 16.1. The molecule has 118 valence electrons. The molecule has 1 atom stereocenters. The molecule has 1 heteroatoms. The van der Waals surface area contributed by atoms with Crippen LogP contribution in [-0.2, 0) is 6.54 Å². The SMILES string of the molecule is CCC(CN(C)Cc1cccc2ccccc12)c1ccccc1. The number of benzene rings is 3. The molecule has 0 radical (unpaired) electrons. The van der Waals surface area contributed by atoms with E-state index in [1.165, 1.54) is 28.3 Å². The van der Waals surface area contributed by atoms with Crippen LogP contribution in [-0.4, -0.2) is 18.5 Å². The molecule has 0 saturated heterocycles. The molecule has 1 unspecified atom stereocenters. The van der Waals surface area contributed by atoms with Crippen LogP contribution in [0, 0.1) is 0 Å². The first-order valence-corrected chi connectivity index (χ1v) is 8.48. The maximum absolute atomic E-state index is 2.45. The van der Waals surface area contributed by atoms with Crippen molar-refractivity contribution >= 4 is 10.8 Å². The van der Waals surface area contributed by atoms with Crippen molar-refractivity contribution in [3.63, 3.8) is 0 Å².